The Bertz CT molecular complexity index is 1360. The topological polar surface area (TPSA) is 66.6 Å². The Morgan fingerprint density at radius 1 is 1.06 bits per heavy atom. The summed E-state index contributed by atoms with van der Waals surface area (Å²) in [4.78, 5) is 19.0. The molecule has 0 saturated heterocycles. The number of halogens is 1. The summed E-state index contributed by atoms with van der Waals surface area (Å²) in [6, 6.07) is 19.0. The quantitative estimate of drug-likeness (QED) is 0.362. The standard InChI is InChI=1S/C27H26ClN3O3/c1-16-22(28)5-4-6-23(16)30-27(32)31-14-13-20-21-15-19(34-3)11-12-24(21)29-25(20)26(31)17-7-9-18(33-2)10-8-17/h4-12,15,26,29H,13-14H2,1-3H3,(H,30,32). The lowest BCUT2D eigenvalue weighted by molar-refractivity contribution is 0.193. The van der Waals surface area contributed by atoms with Crippen LogP contribution in [0, 0.1) is 6.92 Å². The van der Waals surface area contributed by atoms with E-state index in [0.29, 0.717) is 17.3 Å². The summed E-state index contributed by atoms with van der Waals surface area (Å²) >= 11 is 6.28. The van der Waals surface area contributed by atoms with Crippen molar-refractivity contribution in [3.63, 3.8) is 0 Å². The minimum Gasteiger partial charge on any atom is -0.497 e. The Kier molecular flexibility index (Phi) is 5.84. The summed E-state index contributed by atoms with van der Waals surface area (Å²) < 4.78 is 10.8. The van der Waals surface area contributed by atoms with Gasteiger partial charge in [0.05, 0.1) is 20.3 Å². The minimum atomic E-state index is -0.285. The van der Waals surface area contributed by atoms with Crippen molar-refractivity contribution in [1.29, 1.82) is 0 Å². The molecule has 5 rings (SSSR count). The van der Waals surface area contributed by atoms with Crippen molar-refractivity contribution in [2.75, 3.05) is 26.1 Å². The third kappa shape index (κ3) is 3.84. The number of aromatic amines is 1. The van der Waals surface area contributed by atoms with Gasteiger partial charge in [-0.1, -0.05) is 29.8 Å². The maximum Gasteiger partial charge on any atom is 0.322 e. The number of aromatic nitrogens is 1. The van der Waals surface area contributed by atoms with E-state index in [1.807, 2.05) is 66.4 Å². The van der Waals surface area contributed by atoms with E-state index in [9.17, 15) is 4.79 Å². The van der Waals surface area contributed by atoms with Gasteiger partial charge in [0, 0.05) is 33.9 Å². The summed E-state index contributed by atoms with van der Waals surface area (Å²) in [5, 5.41) is 4.81. The molecular formula is C27H26ClN3O3. The van der Waals surface area contributed by atoms with Crippen LogP contribution in [0.3, 0.4) is 0 Å². The lowest BCUT2D eigenvalue weighted by Gasteiger charge is -2.36. The number of carbonyl (C=O) groups is 1. The van der Waals surface area contributed by atoms with Crippen molar-refractivity contribution in [3.8, 4) is 11.5 Å². The average Bonchev–Trinajstić information content (AvgIpc) is 3.24. The number of urea groups is 1. The van der Waals surface area contributed by atoms with Gasteiger partial charge in [-0.2, -0.15) is 0 Å². The average molecular weight is 476 g/mol. The summed E-state index contributed by atoms with van der Waals surface area (Å²) in [5.41, 5.74) is 5.79. The molecule has 1 unspecified atom stereocenters. The number of hydrogen-bond donors (Lipinski definition) is 2. The lowest BCUT2D eigenvalue weighted by Crippen LogP contribution is -2.43. The maximum absolute atomic E-state index is 13.6. The first-order valence-corrected chi connectivity index (χ1v) is 11.5. The maximum atomic E-state index is 13.6. The summed E-state index contributed by atoms with van der Waals surface area (Å²) in [6.07, 6.45) is 0.733. The van der Waals surface area contributed by atoms with E-state index in [1.54, 1.807) is 14.2 Å². The van der Waals surface area contributed by atoms with Crippen LogP contribution >= 0.6 is 11.6 Å². The van der Waals surface area contributed by atoms with E-state index < -0.39 is 0 Å². The van der Waals surface area contributed by atoms with Gasteiger partial charge in [0.15, 0.2) is 0 Å². The van der Waals surface area contributed by atoms with Crippen LogP contribution in [0.25, 0.3) is 10.9 Å². The SMILES string of the molecule is COc1ccc(C2c3[nH]c4ccc(OC)cc4c3CCN2C(=O)Nc2cccc(Cl)c2C)cc1. The molecule has 1 aliphatic rings. The Hall–Kier alpha value is -3.64. The number of carbonyl (C=O) groups excluding carboxylic acids is 1. The van der Waals surface area contributed by atoms with Crippen LogP contribution in [-0.4, -0.2) is 36.7 Å². The molecule has 1 aliphatic heterocycles. The number of rotatable bonds is 4. The zero-order chi connectivity index (χ0) is 23.8. The van der Waals surface area contributed by atoms with Gasteiger partial charge in [0.1, 0.15) is 11.5 Å². The van der Waals surface area contributed by atoms with Crippen molar-refractivity contribution < 1.29 is 14.3 Å². The molecule has 7 heteroatoms. The molecule has 174 valence electrons. The molecule has 2 heterocycles. The summed E-state index contributed by atoms with van der Waals surface area (Å²) in [6.45, 7) is 2.47. The first kappa shape index (κ1) is 22.2. The third-order valence-corrected chi connectivity index (χ3v) is 6.95. The largest absolute Gasteiger partial charge is 0.497 e. The molecule has 0 fully saturated rings. The first-order valence-electron chi connectivity index (χ1n) is 11.2. The molecule has 1 aromatic heterocycles. The molecule has 34 heavy (non-hydrogen) atoms. The molecule has 2 N–H and O–H groups in total. The van der Waals surface area contributed by atoms with Crippen LogP contribution in [0.2, 0.25) is 5.02 Å². The van der Waals surface area contributed by atoms with Gasteiger partial charge >= 0.3 is 6.03 Å². The number of ether oxygens (including phenoxy) is 2. The van der Waals surface area contributed by atoms with E-state index in [4.69, 9.17) is 21.1 Å². The number of nitrogens with one attached hydrogen (secondary N) is 2. The van der Waals surface area contributed by atoms with E-state index in [2.05, 4.69) is 16.4 Å². The Balaban J connectivity index is 1.59. The van der Waals surface area contributed by atoms with Gasteiger partial charge in [0.2, 0.25) is 0 Å². The number of benzene rings is 3. The van der Waals surface area contributed by atoms with Crippen molar-refractivity contribution >= 4 is 34.2 Å². The van der Waals surface area contributed by atoms with Gasteiger partial charge in [0.25, 0.3) is 0 Å². The predicted molar refractivity (Wildman–Crippen MR) is 135 cm³/mol. The number of amides is 2. The van der Waals surface area contributed by atoms with E-state index in [0.717, 1.165) is 45.6 Å². The molecule has 6 nitrogen and oxygen atoms in total. The monoisotopic (exact) mass is 475 g/mol. The molecule has 1 atom stereocenters. The molecule has 4 aromatic rings. The van der Waals surface area contributed by atoms with Crippen molar-refractivity contribution in [2.24, 2.45) is 0 Å². The zero-order valence-corrected chi connectivity index (χ0v) is 20.1. The lowest BCUT2D eigenvalue weighted by atomic mass is 9.92. The highest BCUT2D eigenvalue weighted by Gasteiger charge is 2.35. The van der Waals surface area contributed by atoms with E-state index in [-0.39, 0.29) is 12.1 Å². The highest BCUT2D eigenvalue weighted by Crippen LogP contribution is 2.40. The van der Waals surface area contributed by atoms with Crippen molar-refractivity contribution in [3.05, 3.63) is 88.1 Å². The number of methoxy groups -OCH3 is 2. The van der Waals surface area contributed by atoms with Gasteiger partial charge in [-0.25, -0.2) is 4.79 Å². The fourth-order valence-electron chi connectivity index (χ4n) is 4.68. The number of anilines is 1. The third-order valence-electron chi connectivity index (χ3n) is 6.54. The molecule has 2 amide bonds. The number of nitrogens with zero attached hydrogens (tertiary/aromatic N) is 1. The fourth-order valence-corrected chi connectivity index (χ4v) is 4.85. The molecule has 0 spiro atoms. The van der Waals surface area contributed by atoms with Gasteiger partial charge in [-0.15, -0.1) is 0 Å². The van der Waals surface area contributed by atoms with Gasteiger partial charge in [-0.05, 0) is 72.5 Å². The summed E-state index contributed by atoms with van der Waals surface area (Å²) in [7, 11) is 3.32. The minimum absolute atomic E-state index is 0.173. The second-order valence-electron chi connectivity index (χ2n) is 8.39. The van der Waals surface area contributed by atoms with Crippen LogP contribution < -0.4 is 14.8 Å². The van der Waals surface area contributed by atoms with Crippen LogP contribution in [0.15, 0.2) is 60.7 Å². The normalized spacial score (nSPS) is 15.2. The zero-order valence-electron chi connectivity index (χ0n) is 19.3. The predicted octanol–water partition coefficient (Wildman–Crippen LogP) is 6.33. The van der Waals surface area contributed by atoms with Gasteiger partial charge < -0.3 is 24.7 Å². The fraction of sp³-hybridized carbons (Fsp3) is 0.222. The molecule has 3 aromatic carbocycles. The summed E-state index contributed by atoms with van der Waals surface area (Å²) in [5.74, 6) is 1.58. The van der Waals surface area contributed by atoms with Crippen molar-refractivity contribution in [2.45, 2.75) is 19.4 Å². The Morgan fingerprint density at radius 3 is 2.53 bits per heavy atom. The number of H-pyrrole nitrogens is 1. The highest BCUT2D eigenvalue weighted by molar-refractivity contribution is 6.31. The smallest absolute Gasteiger partial charge is 0.322 e. The second-order valence-corrected chi connectivity index (χ2v) is 8.80. The molecule has 0 aliphatic carbocycles. The molecule has 0 bridgehead atoms. The molecule has 0 radical (unpaired) electrons. The molecule has 0 saturated carbocycles. The van der Waals surface area contributed by atoms with Crippen molar-refractivity contribution in [1.82, 2.24) is 9.88 Å². The van der Waals surface area contributed by atoms with Crippen LogP contribution in [0.5, 0.6) is 11.5 Å². The number of fused-ring (bicyclic) bond motifs is 3. The number of hydrogen-bond acceptors (Lipinski definition) is 3. The highest BCUT2D eigenvalue weighted by atomic mass is 35.5. The second kappa shape index (κ2) is 8.95. The molecular weight excluding hydrogens is 450 g/mol. The van der Waals surface area contributed by atoms with Crippen LogP contribution in [0.4, 0.5) is 10.5 Å². The van der Waals surface area contributed by atoms with E-state index >= 15 is 0 Å². The van der Waals surface area contributed by atoms with Crippen LogP contribution in [-0.2, 0) is 6.42 Å². The van der Waals surface area contributed by atoms with Crippen LogP contribution in [0.1, 0.15) is 28.4 Å². The van der Waals surface area contributed by atoms with Gasteiger partial charge in [-0.3, -0.25) is 0 Å². The van der Waals surface area contributed by atoms with E-state index in [1.165, 1.54) is 5.56 Å². The Morgan fingerprint density at radius 2 is 1.79 bits per heavy atom. The first-order chi connectivity index (χ1) is 16.5. The Labute approximate surface area is 203 Å².